The van der Waals surface area contributed by atoms with Gasteiger partial charge >= 0.3 is 0 Å². The normalized spacial score (nSPS) is 16.5. The van der Waals surface area contributed by atoms with Crippen molar-refractivity contribution in [3.63, 3.8) is 0 Å². The second-order valence-corrected chi connectivity index (χ2v) is 6.12. The second kappa shape index (κ2) is 6.86. The van der Waals surface area contributed by atoms with Crippen LogP contribution in [0.4, 0.5) is 0 Å². The number of Topliss-reactive ketones (excluding diaryl/α,β-unsaturated/α-hetero) is 1. The number of aromatic nitrogens is 1. The van der Waals surface area contributed by atoms with Crippen LogP contribution in [-0.4, -0.2) is 37.5 Å². The van der Waals surface area contributed by atoms with Crippen molar-refractivity contribution in [3.05, 3.63) is 59.5 Å². The van der Waals surface area contributed by atoms with Crippen LogP contribution in [0.3, 0.4) is 0 Å². The van der Waals surface area contributed by atoms with Gasteiger partial charge in [-0.3, -0.25) is 4.79 Å². The predicted octanol–water partition coefficient (Wildman–Crippen LogP) is 3.14. The van der Waals surface area contributed by atoms with Gasteiger partial charge in [0.1, 0.15) is 0 Å². The summed E-state index contributed by atoms with van der Waals surface area (Å²) in [5.41, 5.74) is 2.76. The van der Waals surface area contributed by atoms with E-state index in [0.717, 1.165) is 16.6 Å². The molecule has 1 aliphatic carbocycles. The molecule has 1 aliphatic rings. The molecule has 0 aliphatic heterocycles. The van der Waals surface area contributed by atoms with Crippen LogP contribution >= 0.6 is 0 Å². The van der Waals surface area contributed by atoms with Crippen LogP contribution in [-0.2, 0) is 32.5 Å². The Balaban J connectivity index is 1.87. The van der Waals surface area contributed by atoms with Crippen LogP contribution in [0.15, 0.2) is 53.8 Å². The molecule has 1 heterocycles. The van der Waals surface area contributed by atoms with E-state index >= 15 is 0 Å². The van der Waals surface area contributed by atoms with Gasteiger partial charge in [0, 0.05) is 44.5 Å². The molecule has 0 unspecified atom stereocenters. The number of hydrogen-bond acceptors (Lipinski definition) is 4. The number of fused-ring (bicyclic) bond motifs is 1. The van der Waals surface area contributed by atoms with E-state index in [1.807, 2.05) is 19.2 Å². The molecule has 0 fully saturated rings. The summed E-state index contributed by atoms with van der Waals surface area (Å²) in [6, 6.07) is 10.2. The lowest BCUT2D eigenvalue weighted by Gasteiger charge is -2.34. The Bertz CT molecular complexity index is 856. The van der Waals surface area contributed by atoms with Gasteiger partial charge in [0.05, 0.1) is 13.5 Å². The molecule has 2 aromatic rings. The number of rotatable bonds is 6. The molecule has 1 aromatic carbocycles. The summed E-state index contributed by atoms with van der Waals surface area (Å²) in [5, 5.41) is 1.13. The summed E-state index contributed by atoms with van der Waals surface area (Å²) < 4.78 is 18.4. The Hall–Kier alpha value is -2.37. The van der Waals surface area contributed by atoms with Gasteiger partial charge in [0.2, 0.25) is 5.79 Å². The van der Waals surface area contributed by atoms with Crippen LogP contribution in [0, 0.1) is 0 Å². The molecule has 0 radical (unpaired) electrons. The zero-order chi connectivity index (χ0) is 18.0. The number of para-hydroxylation sites is 1. The van der Waals surface area contributed by atoms with Crippen molar-refractivity contribution in [1.82, 2.24) is 4.57 Å². The molecule has 0 N–H and O–H groups in total. The highest BCUT2D eigenvalue weighted by Gasteiger charge is 2.40. The molecule has 0 saturated carbocycles. The van der Waals surface area contributed by atoms with Crippen LogP contribution in [0.5, 0.6) is 0 Å². The maximum Gasteiger partial charge on any atom is 0.231 e. The van der Waals surface area contributed by atoms with E-state index in [-0.39, 0.29) is 5.78 Å². The third-order valence-corrected chi connectivity index (χ3v) is 4.86. The Morgan fingerprint density at radius 1 is 1.16 bits per heavy atom. The number of allylic oxidation sites excluding steroid dienone is 2. The third-order valence-electron chi connectivity index (χ3n) is 4.86. The fourth-order valence-electron chi connectivity index (χ4n) is 3.34. The summed E-state index contributed by atoms with van der Waals surface area (Å²) in [6.45, 7) is 0. The van der Waals surface area contributed by atoms with E-state index in [9.17, 15) is 4.79 Å². The Kier molecular flexibility index (Phi) is 4.79. The zero-order valence-electron chi connectivity index (χ0n) is 15.0. The lowest BCUT2D eigenvalue weighted by Crippen LogP contribution is -2.39. The summed E-state index contributed by atoms with van der Waals surface area (Å²) in [6.07, 6.45) is 4.18. The highest BCUT2D eigenvalue weighted by Crippen LogP contribution is 2.34. The van der Waals surface area contributed by atoms with Gasteiger partial charge in [-0.1, -0.05) is 24.3 Å². The van der Waals surface area contributed by atoms with Gasteiger partial charge in [-0.2, -0.15) is 0 Å². The van der Waals surface area contributed by atoms with Crippen molar-refractivity contribution in [1.29, 1.82) is 0 Å². The quantitative estimate of drug-likeness (QED) is 0.758. The zero-order valence-corrected chi connectivity index (χ0v) is 15.0. The van der Waals surface area contributed by atoms with E-state index in [0.29, 0.717) is 24.2 Å². The van der Waals surface area contributed by atoms with E-state index in [1.54, 1.807) is 33.5 Å². The van der Waals surface area contributed by atoms with Crippen LogP contribution in [0.25, 0.3) is 10.9 Å². The number of nitrogens with zero attached hydrogens (tertiary/aromatic N) is 1. The molecule has 0 atom stereocenters. The standard InChI is InChI=1S/C20H23NO4/c1-21-16(11-14-7-5-6-8-17(14)21)12-18(22)15-9-10-19(23-2)20(13-15,24-3)25-4/h5-11H,12-13H2,1-4H3. The molecule has 1 aromatic heterocycles. The van der Waals surface area contributed by atoms with Gasteiger partial charge in [-0.05, 0) is 23.6 Å². The van der Waals surface area contributed by atoms with Gasteiger partial charge in [0.25, 0.3) is 0 Å². The highest BCUT2D eigenvalue weighted by molar-refractivity contribution is 5.98. The number of carbonyl (C=O) groups is 1. The van der Waals surface area contributed by atoms with Gasteiger partial charge in [-0.15, -0.1) is 0 Å². The fourth-order valence-corrected chi connectivity index (χ4v) is 3.34. The minimum Gasteiger partial charge on any atom is -0.495 e. The first-order chi connectivity index (χ1) is 12.0. The molecular formula is C20H23NO4. The monoisotopic (exact) mass is 341 g/mol. The summed E-state index contributed by atoms with van der Waals surface area (Å²) in [4.78, 5) is 12.8. The lowest BCUT2D eigenvalue weighted by atomic mass is 9.92. The van der Waals surface area contributed by atoms with Crippen LogP contribution < -0.4 is 0 Å². The van der Waals surface area contributed by atoms with Crippen molar-refractivity contribution in [2.45, 2.75) is 18.6 Å². The third kappa shape index (κ3) is 3.01. The summed E-state index contributed by atoms with van der Waals surface area (Å²) in [5.74, 6) is -0.442. The molecule has 0 saturated heterocycles. The smallest absolute Gasteiger partial charge is 0.231 e. The number of carbonyl (C=O) groups excluding carboxylic acids is 1. The maximum absolute atomic E-state index is 12.8. The average molecular weight is 341 g/mol. The summed E-state index contributed by atoms with van der Waals surface area (Å²) in [7, 11) is 6.65. The van der Waals surface area contributed by atoms with Gasteiger partial charge in [-0.25, -0.2) is 0 Å². The number of ketones is 1. The van der Waals surface area contributed by atoms with Crippen molar-refractivity contribution < 1.29 is 19.0 Å². The molecule has 0 amide bonds. The first-order valence-electron chi connectivity index (χ1n) is 8.17. The fraction of sp³-hybridized carbons (Fsp3) is 0.350. The lowest BCUT2D eigenvalue weighted by molar-refractivity contribution is -0.200. The van der Waals surface area contributed by atoms with Crippen LogP contribution in [0.1, 0.15) is 12.1 Å². The number of aryl methyl sites for hydroxylation is 1. The molecule has 5 heteroatoms. The molecule has 5 nitrogen and oxygen atoms in total. The summed E-state index contributed by atoms with van der Waals surface area (Å²) >= 11 is 0. The number of ether oxygens (including phenoxy) is 3. The molecular weight excluding hydrogens is 318 g/mol. The SMILES string of the molecule is COC1=CC=C(C(=O)Cc2cc3ccccc3n2C)CC1(OC)OC. The maximum atomic E-state index is 12.8. The van der Waals surface area contributed by atoms with Gasteiger partial charge < -0.3 is 18.8 Å². The average Bonchev–Trinajstić information content (AvgIpc) is 2.97. The van der Waals surface area contributed by atoms with Gasteiger partial charge in [0.15, 0.2) is 11.5 Å². The van der Waals surface area contributed by atoms with Crippen LogP contribution in [0.2, 0.25) is 0 Å². The van der Waals surface area contributed by atoms with Crippen molar-refractivity contribution in [2.24, 2.45) is 7.05 Å². The predicted molar refractivity (Wildman–Crippen MR) is 96.2 cm³/mol. The van der Waals surface area contributed by atoms with E-state index < -0.39 is 5.79 Å². The van der Waals surface area contributed by atoms with E-state index in [2.05, 4.69) is 22.8 Å². The van der Waals surface area contributed by atoms with E-state index in [1.165, 1.54) is 0 Å². The van der Waals surface area contributed by atoms with Crippen molar-refractivity contribution >= 4 is 16.7 Å². The first kappa shape index (κ1) is 17.5. The second-order valence-electron chi connectivity index (χ2n) is 6.12. The molecule has 0 bridgehead atoms. The number of benzene rings is 1. The minimum atomic E-state index is -1.05. The topological polar surface area (TPSA) is 49.7 Å². The van der Waals surface area contributed by atoms with E-state index in [4.69, 9.17) is 14.2 Å². The van der Waals surface area contributed by atoms with Crippen molar-refractivity contribution in [2.75, 3.05) is 21.3 Å². The number of hydrogen-bond donors (Lipinski definition) is 0. The number of methoxy groups -OCH3 is 3. The Morgan fingerprint density at radius 3 is 2.52 bits per heavy atom. The Labute approximate surface area is 147 Å². The van der Waals surface area contributed by atoms with Crippen molar-refractivity contribution in [3.8, 4) is 0 Å². The molecule has 0 spiro atoms. The molecule has 132 valence electrons. The molecule has 3 rings (SSSR count). The molecule has 25 heavy (non-hydrogen) atoms. The Morgan fingerprint density at radius 2 is 1.88 bits per heavy atom. The largest absolute Gasteiger partial charge is 0.495 e. The minimum absolute atomic E-state index is 0.0517. The first-order valence-corrected chi connectivity index (χ1v) is 8.17. The highest BCUT2D eigenvalue weighted by atomic mass is 16.7.